The zero-order valence-corrected chi connectivity index (χ0v) is 45.4. The lowest BCUT2D eigenvalue weighted by Crippen LogP contribution is -2.60. The van der Waals surface area contributed by atoms with Crippen molar-refractivity contribution in [1.82, 2.24) is 24.5 Å². The molecule has 420 valence electrons. The van der Waals surface area contributed by atoms with Gasteiger partial charge in [-0.25, -0.2) is 22.5 Å². The number of rotatable bonds is 16. The molecule has 16 nitrogen and oxygen atoms in total. The summed E-state index contributed by atoms with van der Waals surface area (Å²) < 4.78 is 97.1. The number of H-pyrrole nitrogens is 1. The first-order chi connectivity index (χ1) is 37.6. The lowest BCUT2D eigenvalue weighted by Gasteiger charge is -2.58. The molecule has 4 aromatic carbocycles. The summed E-state index contributed by atoms with van der Waals surface area (Å²) in [6, 6.07) is 22.7. The minimum absolute atomic E-state index is 0.0228. The number of aromatic amines is 1. The molecule has 1 atom stereocenters. The van der Waals surface area contributed by atoms with Crippen molar-refractivity contribution in [3.63, 3.8) is 0 Å². The SMILES string of the molecule is COc1cc(CN2CCN(C3CC4(CCN(c5ccc(C(=O)NS(=O)(=O)c6ccc(NCC7CCC(C)(O)CC7)c([N+](=O)[O-])c6)c(Oc6cnc7[nH]cc(F)c7c6)c5)CC4)C3)[C@H](c3ccccc3C(C)C)C2)ccc1C(F)(F)F. The molecule has 2 aliphatic heterocycles. The number of amides is 1. The number of hydrogen-bond acceptors (Lipinski definition) is 13. The number of piperazine rings is 1. The predicted octanol–water partition coefficient (Wildman–Crippen LogP) is 11.3. The van der Waals surface area contributed by atoms with Gasteiger partial charge in [-0.15, -0.1) is 0 Å². The Morgan fingerprint density at radius 1 is 0.962 bits per heavy atom. The van der Waals surface area contributed by atoms with Crippen LogP contribution in [0.1, 0.15) is 117 Å². The average molecular weight is 1110 g/mol. The summed E-state index contributed by atoms with van der Waals surface area (Å²) in [4.78, 5) is 39.3. The Morgan fingerprint density at radius 3 is 2.42 bits per heavy atom. The lowest BCUT2D eigenvalue weighted by atomic mass is 9.59. The number of fused-ring (bicyclic) bond motifs is 1. The zero-order chi connectivity index (χ0) is 56.0. The van der Waals surface area contributed by atoms with Gasteiger partial charge in [-0.05, 0) is 135 Å². The molecule has 1 spiro atoms. The fourth-order valence-electron chi connectivity index (χ4n) is 12.3. The number of hydrogen-bond donors (Lipinski definition) is 4. The fourth-order valence-corrected chi connectivity index (χ4v) is 13.3. The highest BCUT2D eigenvalue weighted by Crippen LogP contribution is 2.54. The number of nitro benzene ring substituents is 1. The van der Waals surface area contributed by atoms with Crippen LogP contribution < -0.4 is 24.4 Å². The maximum Gasteiger partial charge on any atom is 0.419 e. The van der Waals surface area contributed by atoms with Gasteiger partial charge in [0.05, 0.1) is 45.2 Å². The Bertz CT molecular complexity index is 3350. The second-order valence-electron chi connectivity index (χ2n) is 22.5. The van der Waals surface area contributed by atoms with Gasteiger partial charge in [0.1, 0.15) is 34.4 Å². The minimum Gasteiger partial charge on any atom is -0.496 e. The van der Waals surface area contributed by atoms with Crippen LogP contribution in [0.3, 0.4) is 0 Å². The van der Waals surface area contributed by atoms with Crippen LogP contribution in [0.2, 0.25) is 0 Å². The van der Waals surface area contributed by atoms with Crippen molar-refractivity contribution < 1.29 is 50.3 Å². The van der Waals surface area contributed by atoms with Gasteiger partial charge >= 0.3 is 6.18 Å². The third-order valence-electron chi connectivity index (χ3n) is 16.8. The van der Waals surface area contributed by atoms with E-state index >= 15 is 0 Å². The summed E-state index contributed by atoms with van der Waals surface area (Å²) in [6.07, 6.45) is 4.43. The number of ether oxygens (including phenoxy) is 2. The summed E-state index contributed by atoms with van der Waals surface area (Å²) in [5, 5.41) is 25.8. The molecule has 21 heteroatoms. The molecule has 4 fully saturated rings. The number of aliphatic hydroxyl groups is 1. The van der Waals surface area contributed by atoms with Gasteiger partial charge in [0.25, 0.3) is 21.6 Å². The number of nitrogens with zero attached hydrogens (tertiary/aromatic N) is 5. The third kappa shape index (κ3) is 12.0. The van der Waals surface area contributed by atoms with Crippen molar-refractivity contribution >= 4 is 44.0 Å². The molecule has 2 aromatic heterocycles. The fraction of sp³-hybridized carbons (Fsp3) is 0.448. The summed E-state index contributed by atoms with van der Waals surface area (Å²) in [5.41, 5.74) is 2.30. The Kier molecular flexibility index (Phi) is 15.5. The van der Waals surface area contributed by atoms with Crippen LogP contribution in [0.25, 0.3) is 11.0 Å². The summed E-state index contributed by atoms with van der Waals surface area (Å²) in [6.45, 7) is 10.7. The van der Waals surface area contributed by atoms with Gasteiger partial charge in [0, 0.05) is 81.9 Å². The first-order valence-electron chi connectivity index (χ1n) is 26.9. The molecule has 1 amide bonds. The van der Waals surface area contributed by atoms with Gasteiger partial charge in [-0.1, -0.05) is 44.2 Å². The number of carbonyl (C=O) groups is 1. The number of benzene rings is 4. The van der Waals surface area contributed by atoms with Crippen LogP contribution in [0, 0.1) is 27.3 Å². The molecule has 4 heterocycles. The van der Waals surface area contributed by atoms with Crippen molar-refractivity contribution in [2.24, 2.45) is 11.3 Å². The van der Waals surface area contributed by atoms with E-state index in [1.807, 2.05) is 0 Å². The van der Waals surface area contributed by atoms with Crippen LogP contribution >= 0.6 is 0 Å². The van der Waals surface area contributed by atoms with Crippen molar-refractivity contribution in [2.75, 3.05) is 56.6 Å². The Morgan fingerprint density at radius 2 is 1.71 bits per heavy atom. The van der Waals surface area contributed by atoms with Gasteiger partial charge in [0.15, 0.2) is 0 Å². The van der Waals surface area contributed by atoms with E-state index in [-0.39, 0.29) is 62.8 Å². The van der Waals surface area contributed by atoms with Crippen LogP contribution in [0.5, 0.6) is 17.2 Å². The number of nitro groups is 1. The molecule has 4 aliphatic rings. The Hall–Kier alpha value is -6.81. The van der Waals surface area contributed by atoms with Crippen LogP contribution in [0.4, 0.5) is 34.6 Å². The van der Waals surface area contributed by atoms with Crippen LogP contribution in [-0.4, -0.2) is 102 Å². The van der Waals surface area contributed by atoms with E-state index in [2.05, 4.69) is 72.8 Å². The standard InChI is InChI=1S/C58H66F4N8O8S/c1-36(2)43-7-5-6-8-44(43)51-35-67(34-38-9-13-47(58(60,61)62)53(25-38)77-4)23-24-69(51)40-29-57(30-40)19-21-68(22-20-57)39-10-12-45(52(26-39)78-41-27-46-48(59)33-65-54(46)64-32-41)55(71)66-79(75,76)42-11-14-49(50(28-42)70(73)74)63-31-37-15-17-56(3,72)18-16-37/h5-14,25-28,32-33,36-37,40,51,63,72H,15-24,29-31,34-35H2,1-4H3,(H,64,65)(H,66,71)/t37?,51-,56?/m0/s1. The molecule has 0 unspecified atom stereocenters. The highest BCUT2D eigenvalue weighted by Gasteiger charge is 2.50. The minimum atomic E-state index is -4.68. The maximum atomic E-state index is 14.7. The number of sulfonamides is 1. The lowest BCUT2D eigenvalue weighted by molar-refractivity contribution is -0.384. The second kappa shape index (κ2) is 22.0. The Labute approximate surface area is 456 Å². The van der Waals surface area contributed by atoms with E-state index in [1.54, 1.807) is 19.1 Å². The molecule has 10 rings (SSSR count). The monoisotopic (exact) mass is 1110 g/mol. The largest absolute Gasteiger partial charge is 0.496 e. The number of piperidine rings is 1. The number of nitrogens with one attached hydrogen (secondary N) is 3. The third-order valence-corrected chi connectivity index (χ3v) is 18.1. The molecule has 79 heavy (non-hydrogen) atoms. The first kappa shape index (κ1) is 55.5. The van der Waals surface area contributed by atoms with Crippen molar-refractivity contribution in [3.8, 4) is 17.2 Å². The number of alkyl halides is 3. The smallest absolute Gasteiger partial charge is 0.419 e. The molecule has 0 bridgehead atoms. The maximum absolute atomic E-state index is 14.7. The van der Waals surface area contributed by atoms with E-state index in [9.17, 15) is 46.0 Å². The van der Waals surface area contributed by atoms with E-state index in [0.29, 0.717) is 57.3 Å². The topological polar surface area (TPSA) is 195 Å². The number of aromatic nitrogens is 2. The number of methoxy groups -OCH3 is 1. The van der Waals surface area contributed by atoms with Crippen molar-refractivity contribution in [2.45, 2.75) is 113 Å². The normalized spacial score (nSPS) is 21.3. The molecular formula is C58H66F4N8O8S. The van der Waals surface area contributed by atoms with E-state index in [0.717, 1.165) is 75.5 Å². The predicted molar refractivity (Wildman–Crippen MR) is 292 cm³/mol. The van der Waals surface area contributed by atoms with Gasteiger partial charge < -0.3 is 29.8 Å². The summed E-state index contributed by atoms with van der Waals surface area (Å²) in [5.74, 6) is -1.31. The van der Waals surface area contributed by atoms with E-state index in [4.69, 9.17) is 9.47 Å². The van der Waals surface area contributed by atoms with Gasteiger partial charge in [-0.3, -0.25) is 24.7 Å². The highest BCUT2D eigenvalue weighted by atomic mass is 32.2. The Balaban J connectivity index is 0.837. The quantitative estimate of drug-likeness (QED) is 0.0406. The molecule has 2 saturated heterocycles. The molecule has 4 N–H and O–H groups in total. The highest BCUT2D eigenvalue weighted by molar-refractivity contribution is 7.90. The molecule has 0 radical (unpaired) electrons. The number of halogens is 4. The summed E-state index contributed by atoms with van der Waals surface area (Å²) >= 11 is 0. The number of pyridine rings is 1. The van der Waals surface area contributed by atoms with Crippen LogP contribution in [-0.2, 0) is 22.7 Å². The van der Waals surface area contributed by atoms with Crippen LogP contribution in [0.15, 0.2) is 102 Å². The van der Waals surface area contributed by atoms with Crippen molar-refractivity contribution in [3.05, 3.63) is 141 Å². The average Bonchev–Trinajstić information content (AvgIpc) is 3.98. The van der Waals surface area contributed by atoms with E-state index in [1.165, 1.54) is 60.8 Å². The molecule has 6 aromatic rings. The first-order valence-corrected chi connectivity index (χ1v) is 28.4. The number of carbonyl (C=O) groups excluding carboxylic acids is 1. The molecule has 2 aliphatic carbocycles. The molecular weight excluding hydrogens is 1040 g/mol. The molecule has 2 saturated carbocycles. The van der Waals surface area contributed by atoms with Gasteiger partial charge in [0.2, 0.25) is 0 Å². The second-order valence-corrected chi connectivity index (χ2v) is 24.2. The van der Waals surface area contributed by atoms with Crippen molar-refractivity contribution in [1.29, 1.82) is 0 Å². The zero-order valence-electron chi connectivity index (χ0n) is 44.6. The number of anilines is 2. The van der Waals surface area contributed by atoms with E-state index < -0.39 is 54.6 Å². The summed E-state index contributed by atoms with van der Waals surface area (Å²) in [7, 11) is -3.42. The van der Waals surface area contributed by atoms with Gasteiger partial charge in [-0.2, -0.15) is 13.2 Å².